The maximum absolute atomic E-state index is 6.15. The zero-order chi connectivity index (χ0) is 13.4. The van der Waals surface area contributed by atoms with Gasteiger partial charge in [-0.05, 0) is 37.1 Å². The van der Waals surface area contributed by atoms with Crippen LogP contribution in [0.3, 0.4) is 0 Å². The van der Waals surface area contributed by atoms with Crippen molar-refractivity contribution in [3.63, 3.8) is 0 Å². The average molecular weight is 248 g/mol. The summed E-state index contributed by atoms with van der Waals surface area (Å²) in [5.41, 5.74) is 11.7. The zero-order valence-electron chi connectivity index (χ0n) is 11.1. The van der Waals surface area contributed by atoms with Gasteiger partial charge in [0.1, 0.15) is 5.82 Å². The standard InChI is InChI=1S/C17H16N2/c1-11-8-9-15-14(10-11)12(2)16(17(18)19-15)13-6-4-3-5-7-13/h3-10H,1-2H3,(H2,18,19). The van der Waals surface area contributed by atoms with E-state index in [9.17, 15) is 0 Å². The highest BCUT2D eigenvalue weighted by Crippen LogP contribution is 2.33. The lowest BCUT2D eigenvalue weighted by atomic mass is 9.97. The molecule has 0 amide bonds. The van der Waals surface area contributed by atoms with Crippen LogP contribution in [0.2, 0.25) is 0 Å². The highest BCUT2D eigenvalue weighted by molar-refractivity contribution is 5.93. The molecule has 0 unspecified atom stereocenters. The second-order valence-corrected chi connectivity index (χ2v) is 4.88. The summed E-state index contributed by atoms with van der Waals surface area (Å²) in [6.07, 6.45) is 0. The molecule has 2 heteroatoms. The maximum atomic E-state index is 6.15. The number of nitrogens with zero attached hydrogens (tertiary/aromatic N) is 1. The molecule has 0 aliphatic rings. The first-order valence-electron chi connectivity index (χ1n) is 6.38. The van der Waals surface area contributed by atoms with Crippen LogP contribution in [-0.4, -0.2) is 4.98 Å². The van der Waals surface area contributed by atoms with Crippen LogP contribution in [0.15, 0.2) is 48.5 Å². The van der Waals surface area contributed by atoms with Crippen molar-refractivity contribution in [3.05, 3.63) is 59.7 Å². The largest absolute Gasteiger partial charge is 0.383 e. The van der Waals surface area contributed by atoms with E-state index in [1.165, 1.54) is 16.5 Å². The fraction of sp³-hybridized carbons (Fsp3) is 0.118. The van der Waals surface area contributed by atoms with E-state index < -0.39 is 0 Å². The van der Waals surface area contributed by atoms with E-state index in [4.69, 9.17) is 5.73 Å². The van der Waals surface area contributed by atoms with Crippen LogP contribution in [0.4, 0.5) is 5.82 Å². The molecule has 2 aromatic carbocycles. The van der Waals surface area contributed by atoms with Gasteiger partial charge in [0.2, 0.25) is 0 Å². The van der Waals surface area contributed by atoms with Crippen LogP contribution < -0.4 is 5.73 Å². The zero-order valence-corrected chi connectivity index (χ0v) is 11.1. The molecule has 0 fully saturated rings. The Morgan fingerprint density at radius 2 is 1.68 bits per heavy atom. The third-order valence-electron chi connectivity index (χ3n) is 3.49. The van der Waals surface area contributed by atoms with Crippen molar-refractivity contribution in [1.29, 1.82) is 0 Å². The minimum Gasteiger partial charge on any atom is -0.383 e. The molecular weight excluding hydrogens is 232 g/mol. The third kappa shape index (κ3) is 1.95. The lowest BCUT2D eigenvalue weighted by molar-refractivity contribution is 1.36. The summed E-state index contributed by atoms with van der Waals surface area (Å²) in [7, 11) is 0. The first kappa shape index (κ1) is 11.7. The Morgan fingerprint density at radius 1 is 0.947 bits per heavy atom. The molecule has 0 saturated heterocycles. The molecule has 0 aliphatic carbocycles. The predicted octanol–water partition coefficient (Wildman–Crippen LogP) is 4.10. The number of hydrogen-bond donors (Lipinski definition) is 1. The number of pyridine rings is 1. The lowest BCUT2D eigenvalue weighted by Gasteiger charge is -2.12. The fourth-order valence-corrected chi connectivity index (χ4v) is 2.53. The van der Waals surface area contributed by atoms with Gasteiger partial charge < -0.3 is 5.73 Å². The summed E-state index contributed by atoms with van der Waals surface area (Å²) >= 11 is 0. The first-order valence-corrected chi connectivity index (χ1v) is 6.38. The SMILES string of the molecule is Cc1ccc2nc(N)c(-c3ccccc3)c(C)c2c1. The van der Waals surface area contributed by atoms with Gasteiger partial charge in [0, 0.05) is 10.9 Å². The smallest absolute Gasteiger partial charge is 0.132 e. The molecule has 0 spiro atoms. The second-order valence-electron chi connectivity index (χ2n) is 4.88. The van der Waals surface area contributed by atoms with E-state index in [0.29, 0.717) is 5.82 Å². The van der Waals surface area contributed by atoms with Crippen LogP contribution in [0.1, 0.15) is 11.1 Å². The molecule has 0 radical (unpaired) electrons. The molecule has 1 aromatic heterocycles. The average Bonchev–Trinajstić information content (AvgIpc) is 2.41. The summed E-state index contributed by atoms with van der Waals surface area (Å²) in [5.74, 6) is 0.597. The monoisotopic (exact) mass is 248 g/mol. The van der Waals surface area contributed by atoms with Crippen molar-refractivity contribution in [2.75, 3.05) is 5.73 Å². The Balaban J connectivity index is 2.37. The molecule has 0 saturated carbocycles. The number of anilines is 1. The number of rotatable bonds is 1. The minimum absolute atomic E-state index is 0.597. The van der Waals surface area contributed by atoms with Gasteiger partial charge in [-0.25, -0.2) is 4.98 Å². The molecule has 1 heterocycles. The Labute approximate surface area is 112 Å². The summed E-state index contributed by atoms with van der Waals surface area (Å²) < 4.78 is 0. The minimum atomic E-state index is 0.597. The molecule has 2 nitrogen and oxygen atoms in total. The summed E-state index contributed by atoms with van der Waals surface area (Å²) in [5, 5.41) is 1.17. The molecular formula is C17H16N2. The Bertz CT molecular complexity index is 746. The van der Waals surface area contributed by atoms with Gasteiger partial charge in [0.05, 0.1) is 5.52 Å². The highest BCUT2D eigenvalue weighted by Gasteiger charge is 2.11. The Morgan fingerprint density at radius 3 is 2.42 bits per heavy atom. The topological polar surface area (TPSA) is 38.9 Å². The molecule has 0 aliphatic heterocycles. The summed E-state index contributed by atoms with van der Waals surface area (Å²) in [4.78, 5) is 4.53. The number of hydrogen-bond acceptors (Lipinski definition) is 2. The number of benzene rings is 2. The molecule has 0 bridgehead atoms. The van der Waals surface area contributed by atoms with Crippen LogP contribution in [0.5, 0.6) is 0 Å². The number of aromatic nitrogens is 1. The van der Waals surface area contributed by atoms with Crippen molar-refractivity contribution < 1.29 is 0 Å². The number of nitrogens with two attached hydrogens (primary N) is 1. The van der Waals surface area contributed by atoms with Crippen LogP contribution in [0, 0.1) is 13.8 Å². The molecule has 19 heavy (non-hydrogen) atoms. The van der Waals surface area contributed by atoms with Gasteiger partial charge >= 0.3 is 0 Å². The van der Waals surface area contributed by atoms with Crippen LogP contribution >= 0.6 is 0 Å². The van der Waals surface area contributed by atoms with E-state index in [1.54, 1.807) is 0 Å². The quantitative estimate of drug-likeness (QED) is 0.704. The summed E-state index contributed by atoms with van der Waals surface area (Å²) in [6, 6.07) is 16.5. The van der Waals surface area contributed by atoms with Crippen molar-refractivity contribution in [2.45, 2.75) is 13.8 Å². The van der Waals surface area contributed by atoms with Gasteiger partial charge in [-0.1, -0.05) is 42.0 Å². The molecule has 94 valence electrons. The van der Waals surface area contributed by atoms with Gasteiger partial charge in [0.15, 0.2) is 0 Å². The third-order valence-corrected chi connectivity index (χ3v) is 3.49. The van der Waals surface area contributed by atoms with Crippen molar-refractivity contribution >= 4 is 16.7 Å². The number of aryl methyl sites for hydroxylation is 2. The van der Waals surface area contributed by atoms with Crippen LogP contribution in [-0.2, 0) is 0 Å². The molecule has 2 N–H and O–H groups in total. The van der Waals surface area contributed by atoms with E-state index in [0.717, 1.165) is 16.6 Å². The fourth-order valence-electron chi connectivity index (χ4n) is 2.53. The molecule has 3 aromatic rings. The second kappa shape index (κ2) is 4.39. The summed E-state index contributed by atoms with van der Waals surface area (Å²) in [6.45, 7) is 4.21. The van der Waals surface area contributed by atoms with Gasteiger partial charge in [0.25, 0.3) is 0 Å². The van der Waals surface area contributed by atoms with E-state index >= 15 is 0 Å². The normalized spacial score (nSPS) is 10.8. The number of fused-ring (bicyclic) bond motifs is 1. The number of nitrogen functional groups attached to an aromatic ring is 1. The van der Waals surface area contributed by atoms with Crippen molar-refractivity contribution in [1.82, 2.24) is 4.98 Å². The van der Waals surface area contributed by atoms with Crippen LogP contribution in [0.25, 0.3) is 22.0 Å². The van der Waals surface area contributed by atoms with Crippen molar-refractivity contribution in [2.24, 2.45) is 0 Å². The van der Waals surface area contributed by atoms with Gasteiger partial charge in [-0.3, -0.25) is 0 Å². The van der Waals surface area contributed by atoms with E-state index in [-0.39, 0.29) is 0 Å². The highest BCUT2D eigenvalue weighted by atomic mass is 14.8. The molecule has 0 atom stereocenters. The van der Waals surface area contributed by atoms with E-state index in [1.807, 2.05) is 24.3 Å². The van der Waals surface area contributed by atoms with E-state index in [2.05, 4.69) is 43.1 Å². The molecule has 3 rings (SSSR count). The Hall–Kier alpha value is -2.35. The lowest BCUT2D eigenvalue weighted by Crippen LogP contribution is -1.98. The first-order chi connectivity index (χ1) is 9.16. The van der Waals surface area contributed by atoms with Gasteiger partial charge in [-0.15, -0.1) is 0 Å². The van der Waals surface area contributed by atoms with Gasteiger partial charge in [-0.2, -0.15) is 0 Å². The predicted molar refractivity (Wildman–Crippen MR) is 81.1 cm³/mol. The Kier molecular flexibility index (Phi) is 2.71. The van der Waals surface area contributed by atoms with Crippen molar-refractivity contribution in [3.8, 4) is 11.1 Å². The maximum Gasteiger partial charge on any atom is 0.132 e.